The third-order valence-corrected chi connectivity index (χ3v) is 4.72. The van der Waals surface area contributed by atoms with Crippen molar-refractivity contribution in [3.63, 3.8) is 0 Å². The monoisotopic (exact) mass is 217 g/mol. The van der Waals surface area contributed by atoms with Gasteiger partial charge in [-0.2, -0.15) is 0 Å². The maximum absolute atomic E-state index is 9.23. The molecule has 2 nitrogen and oxygen atoms in total. The van der Waals surface area contributed by atoms with Crippen LogP contribution in [0.2, 0.25) is 0 Å². The van der Waals surface area contributed by atoms with Gasteiger partial charge in [0.1, 0.15) is 0 Å². The Morgan fingerprint density at radius 2 is 2.44 bits per heavy atom. The van der Waals surface area contributed by atoms with Gasteiger partial charge in [0.25, 0.3) is 0 Å². The van der Waals surface area contributed by atoms with E-state index in [0.717, 1.165) is 13.1 Å². The first-order valence-corrected chi connectivity index (χ1v) is 6.73. The van der Waals surface area contributed by atoms with Crippen molar-refractivity contribution in [3.05, 3.63) is 0 Å². The number of rotatable bonds is 1. The molecule has 1 aliphatic rings. The van der Waals surface area contributed by atoms with Crippen LogP contribution in [0, 0.1) is 5.92 Å². The van der Waals surface area contributed by atoms with Crippen molar-refractivity contribution in [1.29, 1.82) is 0 Å². The molecule has 1 fully saturated rings. The van der Waals surface area contributed by atoms with E-state index in [1.54, 1.807) is 0 Å². The second kappa shape index (κ2) is 4.25. The van der Waals surface area contributed by atoms with E-state index < -0.39 is 0 Å². The standard InChI is InChI=1S/C5H11NOP.Rb/c7-4-5-1-2-6(8)3-5;/h4-5,7H,1-3,8H2;/t5-;/m1./s1. The van der Waals surface area contributed by atoms with Gasteiger partial charge in [0.2, 0.25) is 0 Å². The van der Waals surface area contributed by atoms with E-state index in [2.05, 4.69) is 14.1 Å². The summed E-state index contributed by atoms with van der Waals surface area (Å²) in [6.07, 6.45) is 1.19. The number of hydrogen-bond acceptors (Lipinski definition) is 2. The van der Waals surface area contributed by atoms with Crippen molar-refractivity contribution in [3.8, 4) is 0 Å². The average Bonchev–Trinajstić information content (AvgIpc) is 2.14. The summed E-state index contributed by atoms with van der Waals surface area (Å²) in [7, 11) is 2.69. The number of aliphatic hydroxyl groups is 1. The summed E-state index contributed by atoms with van der Waals surface area (Å²) in [6.45, 7) is 2.23. The molecule has 0 bridgehead atoms. The average molecular weight is 218 g/mol. The van der Waals surface area contributed by atoms with Crippen LogP contribution >= 0.6 is 9.39 Å². The third kappa shape index (κ3) is 2.94. The topological polar surface area (TPSA) is 23.5 Å². The Balaban J connectivity index is 2.30. The van der Waals surface area contributed by atoms with Crippen LogP contribution in [0.15, 0.2) is 0 Å². The van der Waals surface area contributed by atoms with E-state index in [0.29, 0.717) is 61.5 Å². The van der Waals surface area contributed by atoms with Crippen molar-refractivity contribution < 1.29 is 5.11 Å². The second-order valence-corrected chi connectivity index (χ2v) is 6.42. The Labute approximate surface area is 97.3 Å². The first kappa shape index (κ1) is 9.24. The fraction of sp³-hybridized carbons (Fsp3) is 1.00. The molecular formula is C5H11NOPRb. The first-order chi connectivity index (χ1) is 4.20. The van der Waals surface area contributed by atoms with Crippen LogP contribution in [-0.2, 0) is 0 Å². The van der Waals surface area contributed by atoms with Gasteiger partial charge in [-0.25, -0.2) is 0 Å². The van der Waals surface area contributed by atoms with Gasteiger partial charge >= 0.3 is 99.3 Å². The molecule has 1 N–H and O–H groups in total. The van der Waals surface area contributed by atoms with Gasteiger partial charge in [-0.05, 0) is 0 Å². The van der Waals surface area contributed by atoms with E-state index in [-0.39, 0.29) is -0.827 Å². The van der Waals surface area contributed by atoms with Crippen molar-refractivity contribution >= 4 is 64.9 Å². The molecule has 0 spiro atoms. The molecule has 0 radical (unpaired) electrons. The van der Waals surface area contributed by atoms with Crippen LogP contribution in [0.3, 0.4) is 0 Å². The molecule has 0 aliphatic carbocycles. The van der Waals surface area contributed by atoms with Crippen LogP contribution in [0.5, 0.6) is 0 Å². The van der Waals surface area contributed by atoms with Crippen molar-refractivity contribution in [1.82, 2.24) is 4.67 Å². The van der Waals surface area contributed by atoms with E-state index in [4.69, 9.17) is 0 Å². The molecule has 0 aromatic heterocycles. The van der Waals surface area contributed by atoms with Crippen LogP contribution < -0.4 is 0 Å². The normalized spacial score (nSPS) is 33.1. The summed E-state index contributed by atoms with van der Waals surface area (Å²) in [5, 5.41) is 9.23. The molecule has 0 aromatic rings. The zero-order chi connectivity index (χ0) is 6.85. The molecule has 3 atom stereocenters. The Bertz CT molecular complexity index is 101. The molecule has 1 heterocycles. The Kier molecular flexibility index (Phi) is 4.36. The Hall–Kier alpha value is 2.16. The van der Waals surface area contributed by atoms with Crippen LogP contribution in [-0.4, -0.2) is 77.6 Å². The van der Waals surface area contributed by atoms with Crippen LogP contribution in [0.1, 0.15) is 6.42 Å². The van der Waals surface area contributed by atoms with Crippen LogP contribution in [0.25, 0.3) is 0 Å². The summed E-state index contributed by atoms with van der Waals surface area (Å²) in [6, 6.07) is 0. The molecule has 48 valence electrons. The zero-order valence-electron chi connectivity index (χ0n) is 5.75. The van der Waals surface area contributed by atoms with E-state index in [9.17, 15) is 5.11 Å². The van der Waals surface area contributed by atoms with Gasteiger partial charge in [0.15, 0.2) is 0 Å². The Morgan fingerprint density at radius 3 is 2.67 bits per heavy atom. The second-order valence-electron chi connectivity index (χ2n) is 2.78. The van der Waals surface area contributed by atoms with Crippen molar-refractivity contribution in [2.24, 2.45) is 5.92 Å². The van der Waals surface area contributed by atoms with Gasteiger partial charge in [-0.1, -0.05) is 0 Å². The maximum atomic E-state index is 9.23. The number of aliphatic hydroxyl groups excluding tert-OH is 1. The molecule has 4 heteroatoms. The van der Waals surface area contributed by atoms with Gasteiger partial charge in [0, 0.05) is 0 Å². The summed E-state index contributed by atoms with van der Waals surface area (Å²) >= 11 is 0.437. The minimum atomic E-state index is 0.0809. The molecule has 9 heavy (non-hydrogen) atoms. The summed E-state index contributed by atoms with van der Waals surface area (Å²) in [5.41, 5.74) is 0. The molecule has 0 saturated carbocycles. The number of hydrogen-bond donors (Lipinski definition) is 1. The van der Waals surface area contributed by atoms with E-state index in [1.165, 1.54) is 6.42 Å². The van der Waals surface area contributed by atoms with Crippen LogP contribution in [0.4, 0.5) is 0 Å². The fourth-order valence-corrected chi connectivity index (χ4v) is 2.97. The van der Waals surface area contributed by atoms with Gasteiger partial charge < -0.3 is 0 Å². The van der Waals surface area contributed by atoms with E-state index in [1.807, 2.05) is 0 Å². The molecule has 1 unspecified atom stereocenters. The van der Waals surface area contributed by atoms with Crippen molar-refractivity contribution in [2.45, 2.75) is 5.59 Å². The van der Waals surface area contributed by atoms with Gasteiger partial charge in [0.05, 0.1) is 0 Å². The molecule has 1 saturated heterocycles. The first-order valence-electron chi connectivity index (χ1n) is 3.38. The predicted molar refractivity (Wildman–Crippen MR) is 41.2 cm³/mol. The van der Waals surface area contributed by atoms with E-state index >= 15 is 0 Å². The molecule has 0 amide bonds. The fourth-order valence-electron chi connectivity index (χ4n) is 1.21. The zero-order valence-corrected chi connectivity index (χ0v) is 11.8. The minimum absolute atomic E-state index is 0.0809. The SMILES string of the molecule is O[C@@H]([Rb])[C@@H]1CCN(P)C1. The predicted octanol–water partition coefficient (Wildman–Crippen LogP) is -0.415. The number of nitrogens with zero attached hydrogens (tertiary/aromatic N) is 1. The molecular weight excluding hydrogens is 207 g/mol. The van der Waals surface area contributed by atoms with Crippen molar-refractivity contribution in [2.75, 3.05) is 13.1 Å². The quantitative estimate of drug-likeness (QED) is 0.604. The molecule has 1 rings (SSSR count). The summed E-state index contributed by atoms with van der Waals surface area (Å²) in [5.74, 6) is 0.596. The third-order valence-electron chi connectivity index (χ3n) is 1.94. The molecule has 1 aliphatic heterocycles. The summed E-state index contributed by atoms with van der Waals surface area (Å²) in [4.78, 5) is 0. The Morgan fingerprint density at radius 1 is 1.78 bits per heavy atom. The molecule has 0 aromatic carbocycles. The van der Waals surface area contributed by atoms with Gasteiger partial charge in [-0.15, -0.1) is 0 Å². The van der Waals surface area contributed by atoms with Gasteiger partial charge in [-0.3, -0.25) is 0 Å². The summed E-state index contributed by atoms with van der Waals surface area (Å²) < 4.78 is 2.29.